The van der Waals surface area contributed by atoms with E-state index in [1.807, 2.05) is 60.7 Å². The van der Waals surface area contributed by atoms with Gasteiger partial charge in [-0.25, -0.2) is 13.4 Å². The maximum atomic E-state index is 13.3. The molecule has 0 bridgehead atoms. The summed E-state index contributed by atoms with van der Waals surface area (Å²) in [5, 5.41) is 0. The Morgan fingerprint density at radius 3 is 2.23 bits per heavy atom. The fraction of sp³-hybridized carbons (Fsp3) is 0.333. The third-order valence-corrected chi connectivity index (χ3v) is 10.0. The highest BCUT2D eigenvalue weighted by Crippen LogP contribution is 2.32. The zero-order valence-corrected chi connectivity index (χ0v) is 24.7. The van der Waals surface area contributed by atoms with Crippen molar-refractivity contribution in [1.82, 2.24) is 9.71 Å². The van der Waals surface area contributed by atoms with Gasteiger partial charge < -0.3 is 4.74 Å². The highest BCUT2D eigenvalue weighted by molar-refractivity contribution is 8.01. The number of hydrogen-bond donors (Lipinski definition) is 1. The lowest BCUT2D eigenvalue weighted by Gasteiger charge is -2.22. The molecule has 1 heterocycles. The van der Waals surface area contributed by atoms with Gasteiger partial charge in [0.2, 0.25) is 10.0 Å². The number of sulfonamides is 1. The smallest absolute Gasteiger partial charge is 0.325 e. The van der Waals surface area contributed by atoms with E-state index in [9.17, 15) is 13.2 Å². The maximum Gasteiger partial charge on any atom is 0.325 e. The van der Waals surface area contributed by atoms with E-state index in [1.165, 1.54) is 36.7 Å². The number of ether oxygens (including phenoxy) is 1. The number of benzene rings is 3. The molecule has 0 fully saturated rings. The maximum absolute atomic E-state index is 13.3. The first-order valence-electron chi connectivity index (χ1n) is 13.3. The molecule has 4 rings (SSSR count). The third kappa shape index (κ3) is 7.91. The molecule has 0 saturated carbocycles. The van der Waals surface area contributed by atoms with Crippen molar-refractivity contribution >= 4 is 49.3 Å². The first-order valence-corrected chi connectivity index (χ1v) is 16.6. The molecule has 0 aliphatic rings. The Hall–Kier alpha value is -2.72. The van der Waals surface area contributed by atoms with Crippen LogP contribution in [0.3, 0.4) is 0 Å². The minimum Gasteiger partial charge on any atom is -0.451 e. The van der Waals surface area contributed by atoms with Crippen LogP contribution in [-0.2, 0) is 19.6 Å². The molecule has 1 atom stereocenters. The van der Waals surface area contributed by atoms with E-state index in [1.54, 1.807) is 30.8 Å². The minimum absolute atomic E-state index is 0.104. The number of unbranched alkanes of at least 4 members (excludes halogenated alkanes) is 3. The van der Waals surface area contributed by atoms with E-state index >= 15 is 0 Å². The quantitative estimate of drug-likeness (QED) is 0.0950. The van der Waals surface area contributed by atoms with Crippen LogP contribution >= 0.6 is 23.1 Å². The van der Waals surface area contributed by atoms with Gasteiger partial charge in [0, 0.05) is 5.75 Å². The fourth-order valence-electron chi connectivity index (χ4n) is 4.14. The van der Waals surface area contributed by atoms with Gasteiger partial charge in [0.15, 0.2) is 10.4 Å². The highest BCUT2D eigenvalue weighted by Gasteiger charge is 2.29. The second kappa shape index (κ2) is 14.1. The summed E-state index contributed by atoms with van der Waals surface area (Å²) < 4.78 is 36.9. The van der Waals surface area contributed by atoms with Crippen LogP contribution in [0.25, 0.3) is 10.2 Å². The normalized spacial score (nSPS) is 12.6. The Balaban J connectivity index is 1.47. The molecule has 0 amide bonds. The standard InChI is InChI=1S/C30H34N2O4S3/c1-3-5-6-13-20-37-30-31-26-19-18-24(21-27(26)38-30)39(34,35)32-25(4-2)29(33)36-28(22-14-9-7-10-15-22)23-16-11-8-12-17-23/h7-12,14-19,21,25,28,32H,3-6,13,20H2,1-2H3. The number of nitrogens with one attached hydrogen (secondary N) is 1. The first-order chi connectivity index (χ1) is 18.9. The zero-order chi connectivity index (χ0) is 27.7. The van der Waals surface area contributed by atoms with Crippen molar-refractivity contribution in [1.29, 1.82) is 0 Å². The number of hydrogen-bond acceptors (Lipinski definition) is 7. The van der Waals surface area contributed by atoms with E-state index in [0.29, 0.717) is 0 Å². The molecule has 1 aromatic heterocycles. The van der Waals surface area contributed by atoms with Crippen LogP contribution in [0.5, 0.6) is 0 Å². The number of thioether (sulfide) groups is 1. The van der Waals surface area contributed by atoms with Gasteiger partial charge >= 0.3 is 5.97 Å². The number of rotatable bonds is 14. The van der Waals surface area contributed by atoms with Crippen LogP contribution in [0.4, 0.5) is 0 Å². The first kappa shape index (κ1) is 29.3. The SMILES string of the molecule is CCCCCCSc1nc2ccc(S(=O)(=O)NC(CC)C(=O)OC(c3ccccc3)c3ccccc3)cc2s1. The summed E-state index contributed by atoms with van der Waals surface area (Å²) in [6.45, 7) is 3.95. The predicted molar refractivity (Wildman–Crippen MR) is 160 cm³/mol. The summed E-state index contributed by atoms with van der Waals surface area (Å²) in [4.78, 5) is 18.0. The van der Waals surface area contributed by atoms with Crippen LogP contribution < -0.4 is 4.72 Å². The van der Waals surface area contributed by atoms with Crippen molar-refractivity contribution in [2.45, 2.75) is 67.3 Å². The summed E-state index contributed by atoms with van der Waals surface area (Å²) in [6.07, 6.45) is 4.39. The van der Waals surface area contributed by atoms with Crippen LogP contribution in [0.15, 0.2) is 88.1 Å². The number of nitrogens with zero attached hydrogens (tertiary/aromatic N) is 1. The molecule has 0 spiro atoms. The van der Waals surface area contributed by atoms with Crippen molar-refractivity contribution in [3.8, 4) is 0 Å². The van der Waals surface area contributed by atoms with Gasteiger partial charge in [0.1, 0.15) is 6.04 Å². The molecule has 206 valence electrons. The Bertz CT molecular complexity index is 1420. The van der Waals surface area contributed by atoms with E-state index in [-0.39, 0.29) is 11.3 Å². The van der Waals surface area contributed by atoms with Crippen LogP contribution in [0.2, 0.25) is 0 Å². The van der Waals surface area contributed by atoms with Crippen molar-refractivity contribution in [3.05, 3.63) is 90.0 Å². The fourth-order valence-corrected chi connectivity index (χ4v) is 7.68. The average Bonchev–Trinajstić information content (AvgIpc) is 3.37. The van der Waals surface area contributed by atoms with E-state index in [4.69, 9.17) is 4.74 Å². The number of esters is 1. The Kier molecular flexibility index (Phi) is 10.6. The number of carbonyl (C=O) groups is 1. The summed E-state index contributed by atoms with van der Waals surface area (Å²) in [5.74, 6) is 0.374. The Morgan fingerprint density at radius 2 is 1.62 bits per heavy atom. The lowest BCUT2D eigenvalue weighted by Crippen LogP contribution is -2.41. The van der Waals surface area contributed by atoms with Gasteiger partial charge in [-0.3, -0.25) is 4.79 Å². The largest absolute Gasteiger partial charge is 0.451 e. The molecule has 6 nitrogen and oxygen atoms in total. The van der Waals surface area contributed by atoms with Gasteiger partial charge in [0.25, 0.3) is 0 Å². The number of aromatic nitrogens is 1. The van der Waals surface area contributed by atoms with Gasteiger partial charge in [-0.1, -0.05) is 106 Å². The van der Waals surface area contributed by atoms with E-state index < -0.39 is 28.1 Å². The molecular weight excluding hydrogens is 549 g/mol. The monoisotopic (exact) mass is 582 g/mol. The molecule has 0 radical (unpaired) electrons. The highest BCUT2D eigenvalue weighted by atomic mass is 32.2. The Labute approximate surface area is 239 Å². The number of carbonyl (C=O) groups excluding carboxylic acids is 1. The summed E-state index contributed by atoms with van der Waals surface area (Å²) in [5.41, 5.74) is 2.39. The number of thiazole rings is 1. The van der Waals surface area contributed by atoms with Crippen LogP contribution in [0, 0.1) is 0 Å². The van der Waals surface area contributed by atoms with Gasteiger partial charge in [0.05, 0.1) is 15.1 Å². The molecule has 1 unspecified atom stereocenters. The van der Waals surface area contributed by atoms with E-state index in [0.717, 1.165) is 37.9 Å². The predicted octanol–water partition coefficient (Wildman–Crippen LogP) is 7.36. The molecule has 39 heavy (non-hydrogen) atoms. The van der Waals surface area contributed by atoms with Crippen molar-refractivity contribution < 1.29 is 17.9 Å². The second-order valence-electron chi connectivity index (χ2n) is 9.24. The molecule has 0 aliphatic heterocycles. The molecule has 1 N–H and O–H groups in total. The molecule has 0 aliphatic carbocycles. The van der Waals surface area contributed by atoms with Crippen molar-refractivity contribution in [2.75, 3.05) is 5.75 Å². The average molecular weight is 583 g/mol. The molecule has 3 aromatic carbocycles. The lowest BCUT2D eigenvalue weighted by molar-refractivity contribution is -0.149. The van der Waals surface area contributed by atoms with Crippen molar-refractivity contribution in [3.63, 3.8) is 0 Å². The lowest BCUT2D eigenvalue weighted by atomic mass is 10.0. The van der Waals surface area contributed by atoms with Crippen molar-refractivity contribution in [2.24, 2.45) is 0 Å². The molecular formula is C30H34N2O4S3. The minimum atomic E-state index is -3.97. The summed E-state index contributed by atoms with van der Waals surface area (Å²) in [7, 11) is -3.97. The summed E-state index contributed by atoms with van der Waals surface area (Å²) >= 11 is 3.21. The molecule has 9 heteroatoms. The molecule has 4 aromatic rings. The van der Waals surface area contributed by atoms with Gasteiger partial charge in [-0.2, -0.15) is 4.72 Å². The van der Waals surface area contributed by atoms with Crippen LogP contribution in [0.1, 0.15) is 63.2 Å². The summed E-state index contributed by atoms with van der Waals surface area (Å²) in [6, 6.07) is 22.7. The zero-order valence-electron chi connectivity index (χ0n) is 22.2. The second-order valence-corrected chi connectivity index (χ2v) is 13.3. The molecule has 0 saturated heterocycles. The van der Waals surface area contributed by atoms with Crippen LogP contribution in [-0.4, -0.2) is 31.2 Å². The Morgan fingerprint density at radius 1 is 0.949 bits per heavy atom. The van der Waals surface area contributed by atoms with E-state index in [2.05, 4.69) is 16.6 Å². The van der Waals surface area contributed by atoms with Gasteiger partial charge in [-0.15, -0.1) is 11.3 Å². The number of fused-ring (bicyclic) bond motifs is 1. The topological polar surface area (TPSA) is 85.4 Å². The van der Waals surface area contributed by atoms with Gasteiger partial charge in [-0.05, 0) is 42.2 Å². The third-order valence-electron chi connectivity index (χ3n) is 6.30.